The molecule has 3 rings (SSSR count). The summed E-state index contributed by atoms with van der Waals surface area (Å²) in [6, 6.07) is 10.1. The van der Waals surface area contributed by atoms with Crippen molar-refractivity contribution in [3.63, 3.8) is 0 Å². The van der Waals surface area contributed by atoms with Gasteiger partial charge in [0.1, 0.15) is 0 Å². The Morgan fingerprint density at radius 3 is 2.41 bits per heavy atom. The fraction of sp³-hybridized carbons (Fsp3) is 0.316. The zero-order valence-electron chi connectivity index (χ0n) is 14.4. The van der Waals surface area contributed by atoms with Crippen molar-refractivity contribution in [2.45, 2.75) is 12.7 Å². The minimum absolute atomic E-state index is 0.0483. The molecule has 0 saturated carbocycles. The number of halogens is 4. The van der Waals surface area contributed by atoms with Gasteiger partial charge in [-0.25, -0.2) is 0 Å². The lowest BCUT2D eigenvalue weighted by molar-refractivity contribution is -0.136. The summed E-state index contributed by atoms with van der Waals surface area (Å²) >= 11 is 5.65. The van der Waals surface area contributed by atoms with Gasteiger partial charge in [0.25, 0.3) is 5.91 Å². The number of nitrogens with one attached hydrogen (secondary N) is 1. The molecular weight excluding hydrogens is 381 g/mol. The zero-order chi connectivity index (χ0) is 19.4. The molecule has 144 valence electrons. The summed E-state index contributed by atoms with van der Waals surface area (Å²) in [4.78, 5) is 14.6. The number of rotatable bonds is 4. The van der Waals surface area contributed by atoms with E-state index in [1.807, 2.05) is 0 Å². The summed E-state index contributed by atoms with van der Waals surface area (Å²) in [6.07, 6.45) is -4.62. The fourth-order valence-corrected chi connectivity index (χ4v) is 3.01. The topological polar surface area (TPSA) is 41.6 Å². The SMILES string of the molecule is O=C(Nc1ccc(Cl)cc1C(F)(F)F)c1ccc(CN2CCOCC2)cc1. The van der Waals surface area contributed by atoms with Crippen LogP contribution in [0, 0.1) is 0 Å². The van der Waals surface area contributed by atoms with Crippen LogP contribution in [0.3, 0.4) is 0 Å². The van der Waals surface area contributed by atoms with Gasteiger partial charge in [-0.1, -0.05) is 23.7 Å². The van der Waals surface area contributed by atoms with Gasteiger partial charge < -0.3 is 10.1 Å². The van der Waals surface area contributed by atoms with Crippen LogP contribution in [0.15, 0.2) is 42.5 Å². The molecule has 1 aliphatic heterocycles. The minimum atomic E-state index is -4.62. The van der Waals surface area contributed by atoms with Gasteiger partial charge in [-0.2, -0.15) is 13.2 Å². The highest BCUT2D eigenvalue weighted by atomic mass is 35.5. The molecule has 0 aliphatic carbocycles. The first kappa shape index (κ1) is 19.7. The molecule has 0 spiro atoms. The summed E-state index contributed by atoms with van der Waals surface area (Å²) in [6.45, 7) is 3.82. The predicted octanol–water partition coefficient (Wildman–Crippen LogP) is 4.44. The van der Waals surface area contributed by atoms with E-state index in [-0.39, 0.29) is 16.3 Å². The Morgan fingerprint density at radius 1 is 1.11 bits per heavy atom. The largest absolute Gasteiger partial charge is 0.418 e. The number of nitrogens with zero attached hydrogens (tertiary/aromatic N) is 1. The fourth-order valence-electron chi connectivity index (χ4n) is 2.83. The number of anilines is 1. The number of hydrogen-bond donors (Lipinski definition) is 1. The summed E-state index contributed by atoms with van der Waals surface area (Å²) in [5.41, 5.74) is 0.00121. The molecular formula is C19H18ClF3N2O2. The van der Waals surface area contributed by atoms with Crippen LogP contribution in [-0.2, 0) is 17.5 Å². The zero-order valence-corrected chi connectivity index (χ0v) is 15.1. The number of benzene rings is 2. The van der Waals surface area contributed by atoms with E-state index in [1.165, 1.54) is 6.07 Å². The third-order valence-corrected chi connectivity index (χ3v) is 4.50. The highest BCUT2D eigenvalue weighted by molar-refractivity contribution is 6.30. The van der Waals surface area contributed by atoms with E-state index in [1.54, 1.807) is 24.3 Å². The first-order valence-corrected chi connectivity index (χ1v) is 8.78. The lowest BCUT2D eigenvalue weighted by Crippen LogP contribution is -2.35. The minimum Gasteiger partial charge on any atom is -0.379 e. The van der Waals surface area contributed by atoms with Crippen LogP contribution in [0.25, 0.3) is 0 Å². The Balaban J connectivity index is 1.70. The second-order valence-corrected chi connectivity index (χ2v) is 6.66. The second kappa shape index (κ2) is 8.29. The third-order valence-electron chi connectivity index (χ3n) is 4.26. The molecule has 1 aliphatic rings. The van der Waals surface area contributed by atoms with Gasteiger partial charge in [-0.3, -0.25) is 9.69 Å². The molecule has 1 fully saturated rings. The Hall–Kier alpha value is -2.09. The van der Waals surface area contributed by atoms with E-state index >= 15 is 0 Å². The molecule has 0 atom stereocenters. The molecule has 0 bridgehead atoms. The van der Waals surface area contributed by atoms with E-state index in [0.717, 1.165) is 37.3 Å². The summed E-state index contributed by atoms with van der Waals surface area (Å²) < 4.78 is 44.7. The Labute approximate surface area is 159 Å². The number of carbonyl (C=O) groups excluding carboxylic acids is 1. The Morgan fingerprint density at radius 2 is 1.78 bits per heavy atom. The monoisotopic (exact) mass is 398 g/mol. The van der Waals surface area contributed by atoms with E-state index < -0.39 is 17.6 Å². The summed E-state index contributed by atoms with van der Waals surface area (Å²) in [5, 5.41) is 2.27. The van der Waals surface area contributed by atoms with Crippen LogP contribution in [0.1, 0.15) is 21.5 Å². The molecule has 2 aromatic rings. The predicted molar refractivity (Wildman–Crippen MR) is 96.9 cm³/mol. The number of hydrogen-bond acceptors (Lipinski definition) is 3. The quantitative estimate of drug-likeness (QED) is 0.827. The van der Waals surface area contributed by atoms with Gasteiger partial charge in [0.15, 0.2) is 0 Å². The lowest BCUT2D eigenvalue weighted by atomic mass is 10.1. The van der Waals surface area contributed by atoms with Crippen LogP contribution in [0.4, 0.5) is 18.9 Å². The Kier molecular flexibility index (Phi) is 6.04. The van der Waals surface area contributed by atoms with Gasteiger partial charge in [0, 0.05) is 30.2 Å². The highest BCUT2D eigenvalue weighted by Crippen LogP contribution is 2.36. The van der Waals surface area contributed by atoms with Crippen molar-refractivity contribution in [3.05, 3.63) is 64.2 Å². The summed E-state index contributed by atoms with van der Waals surface area (Å²) in [7, 11) is 0. The van der Waals surface area contributed by atoms with Crippen molar-refractivity contribution in [1.82, 2.24) is 4.90 Å². The van der Waals surface area contributed by atoms with Gasteiger partial charge in [0.2, 0.25) is 0 Å². The van der Waals surface area contributed by atoms with Gasteiger partial charge >= 0.3 is 6.18 Å². The van der Waals surface area contributed by atoms with Gasteiger partial charge in [0.05, 0.1) is 24.5 Å². The second-order valence-electron chi connectivity index (χ2n) is 6.23. The van der Waals surface area contributed by atoms with E-state index in [4.69, 9.17) is 16.3 Å². The van der Waals surface area contributed by atoms with Crippen LogP contribution in [-0.4, -0.2) is 37.1 Å². The van der Waals surface area contributed by atoms with Crippen LogP contribution in [0.2, 0.25) is 5.02 Å². The molecule has 1 amide bonds. The molecule has 0 unspecified atom stereocenters. The lowest BCUT2D eigenvalue weighted by Gasteiger charge is -2.26. The normalized spacial score (nSPS) is 15.6. The van der Waals surface area contributed by atoms with E-state index in [9.17, 15) is 18.0 Å². The number of ether oxygens (including phenoxy) is 1. The highest BCUT2D eigenvalue weighted by Gasteiger charge is 2.34. The van der Waals surface area contributed by atoms with Crippen LogP contribution >= 0.6 is 11.6 Å². The van der Waals surface area contributed by atoms with Crippen molar-refractivity contribution in [2.75, 3.05) is 31.6 Å². The molecule has 1 heterocycles. The molecule has 27 heavy (non-hydrogen) atoms. The third kappa shape index (κ3) is 5.22. The first-order chi connectivity index (χ1) is 12.8. The maximum atomic E-state index is 13.1. The number of amides is 1. The van der Waals surface area contributed by atoms with Crippen molar-refractivity contribution in [2.24, 2.45) is 0 Å². The molecule has 1 saturated heterocycles. The molecule has 2 aromatic carbocycles. The average molecular weight is 399 g/mol. The molecule has 1 N–H and O–H groups in total. The van der Waals surface area contributed by atoms with Gasteiger partial charge in [-0.15, -0.1) is 0 Å². The van der Waals surface area contributed by atoms with Crippen LogP contribution < -0.4 is 5.32 Å². The van der Waals surface area contributed by atoms with Crippen molar-refractivity contribution < 1.29 is 22.7 Å². The van der Waals surface area contributed by atoms with Crippen molar-refractivity contribution in [3.8, 4) is 0 Å². The maximum Gasteiger partial charge on any atom is 0.418 e. The number of carbonyl (C=O) groups is 1. The summed E-state index contributed by atoms with van der Waals surface area (Å²) in [5.74, 6) is -0.610. The van der Waals surface area contributed by atoms with E-state index in [0.29, 0.717) is 13.2 Å². The smallest absolute Gasteiger partial charge is 0.379 e. The molecule has 8 heteroatoms. The standard InChI is InChI=1S/C19H18ClF3N2O2/c20-15-5-6-17(16(11-15)19(21,22)23)24-18(26)14-3-1-13(2-4-14)12-25-7-9-27-10-8-25/h1-6,11H,7-10,12H2,(H,24,26). The van der Waals surface area contributed by atoms with Crippen molar-refractivity contribution >= 4 is 23.2 Å². The maximum absolute atomic E-state index is 13.1. The van der Waals surface area contributed by atoms with E-state index in [2.05, 4.69) is 10.2 Å². The molecule has 0 radical (unpaired) electrons. The average Bonchev–Trinajstić information content (AvgIpc) is 2.64. The number of morpholine rings is 1. The molecule has 0 aromatic heterocycles. The van der Waals surface area contributed by atoms with Gasteiger partial charge in [-0.05, 0) is 35.9 Å². The molecule has 4 nitrogen and oxygen atoms in total. The first-order valence-electron chi connectivity index (χ1n) is 8.40. The van der Waals surface area contributed by atoms with Crippen LogP contribution in [0.5, 0.6) is 0 Å². The number of alkyl halides is 3. The van der Waals surface area contributed by atoms with Crippen molar-refractivity contribution in [1.29, 1.82) is 0 Å². The Bertz CT molecular complexity index is 804.